The molecule has 33 heavy (non-hydrogen) atoms. The first-order chi connectivity index (χ1) is 16.1. The fourth-order valence-electron chi connectivity index (χ4n) is 3.72. The summed E-state index contributed by atoms with van der Waals surface area (Å²) in [5.74, 6) is 0.474. The Balaban J connectivity index is 1.92. The van der Waals surface area contributed by atoms with Crippen LogP contribution in [0.25, 0.3) is 11.3 Å². The number of rotatable bonds is 7. The molecule has 0 unspecified atom stereocenters. The molecule has 0 bridgehead atoms. The van der Waals surface area contributed by atoms with Gasteiger partial charge in [0, 0.05) is 23.3 Å². The molecule has 0 spiro atoms. The summed E-state index contributed by atoms with van der Waals surface area (Å²) in [6.07, 6.45) is 2.13. The Hall–Kier alpha value is -3.00. The molecule has 1 aliphatic rings. The maximum atomic E-state index is 14.9. The monoisotopic (exact) mass is 466 g/mol. The van der Waals surface area contributed by atoms with E-state index in [1.807, 2.05) is 18.2 Å². The van der Waals surface area contributed by atoms with Gasteiger partial charge in [0.15, 0.2) is 5.69 Å². The smallest absolute Gasteiger partial charge is 0.247 e. The number of thioether (sulfide) groups is 1. The van der Waals surface area contributed by atoms with E-state index in [4.69, 9.17) is 4.74 Å². The molecule has 0 saturated carbocycles. The molecule has 4 rings (SSSR count). The highest BCUT2D eigenvalue weighted by molar-refractivity contribution is 7.99. The summed E-state index contributed by atoms with van der Waals surface area (Å²) < 4.78 is 21.2. The zero-order valence-electron chi connectivity index (χ0n) is 19.0. The summed E-state index contributed by atoms with van der Waals surface area (Å²) in [5, 5.41) is 9.26. The van der Waals surface area contributed by atoms with Crippen LogP contribution < -0.4 is 9.64 Å². The normalized spacial score (nSPS) is 14.8. The molecule has 172 valence electrons. The molecule has 1 atom stereocenters. The van der Waals surface area contributed by atoms with Crippen LogP contribution in [0.3, 0.4) is 0 Å². The molecule has 0 fully saturated rings. The van der Waals surface area contributed by atoms with Gasteiger partial charge in [-0.05, 0) is 36.6 Å². The zero-order chi connectivity index (χ0) is 23.4. The highest BCUT2D eigenvalue weighted by Gasteiger charge is 2.36. The van der Waals surface area contributed by atoms with Crippen molar-refractivity contribution in [2.24, 2.45) is 0 Å². The second-order valence-corrected chi connectivity index (χ2v) is 8.83. The average molecular weight is 467 g/mol. The number of amides is 1. The molecule has 6 nitrogen and oxygen atoms in total. The number of benzene rings is 2. The molecule has 1 aromatic heterocycles. The van der Waals surface area contributed by atoms with E-state index in [1.165, 1.54) is 22.7 Å². The third-order valence-electron chi connectivity index (χ3n) is 5.55. The Kier molecular flexibility index (Phi) is 7.23. The number of carbonyl (C=O) groups is 1. The summed E-state index contributed by atoms with van der Waals surface area (Å²) >= 11 is 1.51. The fraction of sp³-hybridized carbons (Fsp3) is 0.360. The van der Waals surface area contributed by atoms with Crippen LogP contribution in [0.5, 0.6) is 5.88 Å². The minimum absolute atomic E-state index is 0.188. The van der Waals surface area contributed by atoms with E-state index in [9.17, 15) is 9.18 Å². The zero-order valence-corrected chi connectivity index (χ0v) is 19.9. The van der Waals surface area contributed by atoms with E-state index >= 15 is 0 Å². The summed E-state index contributed by atoms with van der Waals surface area (Å²) in [6.45, 7) is 5.96. The Morgan fingerprint density at radius 3 is 2.70 bits per heavy atom. The number of hydrogen-bond donors (Lipinski definition) is 0. The third-order valence-corrected chi connectivity index (χ3v) is 6.47. The van der Waals surface area contributed by atoms with E-state index in [0.29, 0.717) is 22.1 Å². The second kappa shape index (κ2) is 10.3. The lowest BCUT2D eigenvalue weighted by Crippen LogP contribution is -2.37. The second-order valence-electron chi connectivity index (χ2n) is 7.76. The molecule has 2 heterocycles. The van der Waals surface area contributed by atoms with Crippen LogP contribution >= 0.6 is 11.8 Å². The predicted octanol–water partition coefficient (Wildman–Crippen LogP) is 5.97. The van der Waals surface area contributed by atoms with Crippen LogP contribution in [-0.2, 0) is 11.2 Å². The van der Waals surface area contributed by atoms with E-state index in [1.54, 1.807) is 25.1 Å². The molecular weight excluding hydrogens is 439 g/mol. The van der Waals surface area contributed by atoms with Crippen molar-refractivity contribution < 1.29 is 13.9 Å². The molecule has 1 aliphatic heterocycles. The summed E-state index contributed by atoms with van der Waals surface area (Å²) in [5.41, 5.74) is 3.10. The van der Waals surface area contributed by atoms with Crippen LogP contribution in [0, 0.1) is 5.82 Å². The van der Waals surface area contributed by atoms with Crippen molar-refractivity contribution in [3.05, 3.63) is 59.4 Å². The lowest BCUT2D eigenvalue weighted by molar-refractivity contribution is -0.120. The minimum atomic E-state index is -1.02. The number of ether oxygens (including phenoxy) is 1. The van der Waals surface area contributed by atoms with Gasteiger partial charge in [-0.2, -0.15) is 4.98 Å². The molecule has 1 amide bonds. The molecule has 3 aromatic rings. The number of nitrogens with zero attached hydrogens (tertiary/aromatic N) is 4. The first-order valence-corrected chi connectivity index (χ1v) is 12.3. The molecule has 0 N–H and O–H groups in total. The standard InChI is InChI=1S/C25H27FN4O2S/c1-4-7-14-33-25-27-23-22(28-29-25)18-15-16(5-2)12-13-20(18)30(21(31)6-3)24(32-23)17-10-8-9-11-19(17)26/h8-13,15,24H,4-7,14H2,1-3H3/t24-/m0/s1. The molecular formula is C25H27FN4O2S. The first kappa shape index (κ1) is 23.2. The number of fused-ring (bicyclic) bond motifs is 3. The Labute approximate surface area is 197 Å². The number of hydrogen-bond acceptors (Lipinski definition) is 6. The van der Waals surface area contributed by atoms with Crippen LogP contribution in [0.2, 0.25) is 0 Å². The molecule has 0 radical (unpaired) electrons. The van der Waals surface area contributed by atoms with Gasteiger partial charge in [-0.1, -0.05) is 63.2 Å². The van der Waals surface area contributed by atoms with Gasteiger partial charge in [-0.15, -0.1) is 10.2 Å². The number of anilines is 1. The van der Waals surface area contributed by atoms with E-state index in [0.717, 1.165) is 30.6 Å². The molecule has 8 heteroatoms. The van der Waals surface area contributed by atoms with Crippen molar-refractivity contribution in [2.75, 3.05) is 10.7 Å². The first-order valence-electron chi connectivity index (χ1n) is 11.3. The highest BCUT2D eigenvalue weighted by Crippen LogP contribution is 2.44. The van der Waals surface area contributed by atoms with Gasteiger partial charge in [-0.3, -0.25) is 9.69 Å². The van der Waals surface area contributed by atoms with Gasteiger partial charge in [-0.25, -0.2) is 4.39 Å². The van der Waals surface area contributed by atoms with Crippen molar-refractivity contribution in [3.8, 4) is 17.1 Å². The Morgan fingerprint density at radius 1 is 1.15 bits per heavy atom. The van der Waals surface area contributed by atoms with E-state index < -0.39 is 12.0 Å². The molecule has 0 aliphatic carbocycles. The van der Waals surface area contributed by atoms with Crippen LogP contribution in [0.15, 0.2) is 47.6 Å². The van der Waals surface area contributed by atoms with Gasteiger partial charge in [0.25, 0.3) is 0 Å². The molecule has 2 aromatic carbocycles. The van der Waals surface area contributed by atoms with Gasteiger partial charge < -0.3 is 4.74 Å². The number of unbranched alkanes of at least 4 members (excludes halogenated alkanes) is 1. The maximum Gasteiger partial charge on any atom is 0.247 e. The largest absolute Gasteiger partial charge is 0.447 e. The fourth-order valence-corrected chi connectivity index (χ4v) is 4.58. The average Bonchev–Trinajstić information content (AvgIpc) is 2.97. The minimum Gasteiger partial charge on any atom is -0.447 e. The summed E-state index contributed by atoms with van der Waals surface area (Å²) in [6, 6.07) is 12.2. The van der Waals surface area contributed by atoms with Crippen molar-refractivity contribution in [3.63, 3.8) is 0 Å². The quantitative estimate of drug-likeness (QED) is 0.316. The number of carbonyl (C=O) groups excluding carboxylic acids is 1. The van der Waals surface area contributed by atoms with Gasteiger partial charge in [0.1, 0.15) is 5.82 Å². The highest BCUT2D eigenvalue weighted by atomic mass is 32.2. The van der Waals surface area contributed by atoms with Crippen molar-refractivity contribution in [2.45, 2.75) is 57.8 Å². The number of aryl methyl sites for hydroxylation is 1. The third kappa shape index (κ3) is 4.71. The predicted molar refractivity (Wildman–Crippen MR) is 128 cm³/mol. The van der Waals surface area contributed by atoms with Crippen molar-refractivity contribution in [1.82, 2.24) is 15.2 Å². The van der Waals surface area contributed by atoms with E-state index in [-0.39, 0.29) is 23.8 Å². The van der Waals surface area contributed by atoms with Crippen LogP contribution in [0.4, 0.5) is 10.1 Å². The van der Waals surface area contributed by atoms with E-state index in [2.05, 4.69) is 29.0 Å². The van der Waals surface area contributed by atoms with Gasteiger partial charge in [0.2, 0.25) is 23.2 Å². The topological polar surface area (TPSA) is 68.2 Å². The van der Waals surface area contributed by atoms with Crippen LogP contribution in [-0.4, -0.2) is 26.8 Å². The molecule has 0 saturated heterocycles. The SMILES string of the molecule is CCCCSc1nnc2c(n1)O[C@@H](c1ccccc1F)N(C(=O)CC)c1ccc(CC)cc1-2. The van der Waals surface area contributed by atoms with Gasteiger partial charge >= 0.3 is 0 Å². The van der Waals surface area contributed by atoms with Crippen molar-refractivity contribution in [1.29, 1.82) is 0 Å². The number of halogens is 1. The summed E-state index contributed by atoms with van der Waals surface area (Å²) in [4.78, 5) is 19.3. The Bertz CT molecular complexity index is 1160. The number of aromatic nitrogens is 3. The lowest BCUT2D eigenvalue weighted by atomic mass is 10.0. The van der Waals surface area contributed by atoms with Gasteiger partial charge in [0.05, 0.1) is 5.69 Å². The lowest BCUT2D eigenvalue weighted by Gasteiger charge is -2.31. The maximum absolute atomic E-state index is 14.9. The Morgan fingerprint density at radius 2 is 1.97 bits per heavy atom. The van der Waals surface area contributed by atoms with Crippen LogP contribution in [0.1, 0.15) is 57.4 Å². The summed E-state index contributed by atoms with van der Waals surface area (Å²) in [7, 11) is 0. The van der Waals surface area contributed by atoms with Crippen molar-refractivity contribution >= 4 is 23.4 Å².